The molecule has 0 atom stereocenters. The van der Waals surface area contributed by atoms with Gasteiger partial charge in [0.2, 0.25) is 0 Å². The zero-order valence-corrected chi connectivity index (χ0v) is 11.7. The lowest BCUT2D eigenvalue weighted by molar-refractivity contribution is -0.383. The van der Waals surface area contributed by atoms with Gasteiger partial charge in [0, 0.05) is 6.07 Å². The molecule has 2 rings (SSSR count). The summed E-state index contributed by atoms with van der Waals surface area (Å²) in [5.41, 5.74) is 3.21. The molecule has 7 nitrogen and oxygen atoms in total. The van der Waals surface area contributed by atoms with Crippen LogP contribution in [0.15, 0.2) is 54.6 Å². The second-order valence-electron chi connectivity index (χ2n) is 4.41. The highest BCUT2D eigenvalue weighted by molar-refractivity contribution is 5.91. The fourth-order valence-corrected chi connectivity index (χ4v) is 1.82. The van der Waals surface area contributed by atoms with Crippen LogP contribution in [0.2, 0.25) is 0 Å². The van der Waals surface area contributed by atoms with E-state index in [4.69, 9.17) is 4.84 Å². The average Bonchev–Trinajstić information content (AvgIpc) is 2.53. The number of rotatable bonds is 6. The number of anilines is 1. The molecule has 2 aromatic rings. The number of urea groups is 1. The van der Waals surface area contributed by atoms with Crippen molar-refractivity contribution in [3.63, 3.8) is 0 Å². The number of nitro benzene ring substituents is 1. The van der Waals surface area contributed by atoms with Gasteiger partial charge in [0.25, 0.3) is 5.69 Å². The highest BCUT2D eigenvalue weighted by Gasteiger charge is 2.14. The molecule has 0 aliphatic carbocycles. The smallest absolute Gasteiger partial charge is 0.300 e. The van der Waals surface area contributed by atoms with E-state index in [9.17, 15) is 14.9 Å². The van der Waals surface area contributed by atoms with Gasteiger partial charge in [-0.2, -0.15) is 0 Å². The van der Waals surface area contributed by atoms with Crippen molar-refractivity contribution < 1.29 is 14.6 Å². The van der Waals surface area contributed by atoms with Gasteiger partial charge in [-0.3, -0.25) is 15.0 Å². The molecule has 0 aromatic heterocycles. The van der Waals surface area contributed by atoms with E-state index >= 15 is 0 Å². The molecule has 0 saturated carbocycles. The number of para-hydroxylation sites is 2. The standard InChI is InChI=1S/C15H15N3O4/c19-15(16-13-8-4-5-9-14(13)18(20)21)17-22-11-10-12-6-2-1-3-7-12/h1-9H,10-11H2,(H2,16,17,19). The molecule has 2 aromatic carbocycles. The van der Waals surface area contributed by atoms with Crippen LogP contribution in [-0.4, -0.2) is 17.6 Å². The van der Waals surface area contributed by atoms with Crippen LogP contribution in [0, 0.1) is 10.1 Å². The lowest BCUT2D eigenvalue weighted by Gasteiger charge is -2.08. The molecule has 0 heterocycles. The molecule has 22 heavy (non-hydrogen) atoms. The van der Waals surface area contributed by atoms with E-state index in [0.29, 0.717) is 13.0 Å². The van der Waals surface area contributed by atoms with E-state index in [1.54, 1.807) is 6.07 Å². The van der Waals surface area contributed by atoms with Crippen LogP contribution in [0.5, 0.6) is 0 Å². The van der Waals surface area contributed by atoms with Crippen LogP contribution in [0.1, 0.15) is 5.56 Å². The maximum atomic E-state index is 11.6. The second kappa shape index (κ2) is 7.75. The average molecular weight is 301 g/mol. The molecule has 0 fully saturated rings. The molecule has 7 heteroatoms. The maximum absolute atomic E-state index is 11.6. The Bertz CT molecular complexity index is 646. The Morgan fingerprint density at radius 1 is 1.09 bits per heavy atom. The van der Waals surface area contributed by atoms with Gasteiger partial charge in [0.1, 0.15) is 5.69 Å². The molecular formula is C15H15N3O4. The molecule has 0 radical (unpaired) electrons. The Morgan fingerprint density at radius 3 is 2.50 bits per heavy atom. The Balaban J connectivity index is 1.78. The van der Waals surface area contributed by atoms with Crippen molar-refractivity contribution in [1.29, 1.82) is 0 Å². The van der Waals surface area contributed by atoms with Gasteiger partial charge < -0.3 is 5.32 Å². The summed E-state index contributed by atoms with van der Waals surface area (Å²) in [5, 5.41) is 13.2. The molecule has 0 unspecified atom stereocenters. The zero-order valence-electron chi connectivity index (χ0n) is 11.7. The lowest BCUT2D eigenvalue weighted by atomic mass is 10.2. The molecule has 2 amide bonds. The van der Waals surface area contributed by atoms with Crippen molar-refractivity contribution in [3.8, 4) is 0 Å². The van der Waals surface area contributed by atoms with E-state index in [0.717, 1.165) is 5.56 Å². The number of hydroxylamine groups is 1. The van der Waals surface area contributed by atoms with Crippen molar-refractivity contribution >= 4 is 17.4 Å². The van der Waals surface area contributed by atoms with E-state index < -0.39 is 11.0 Å². The summed E-state index contributed by atoms with van der Waals surface area (Å²) in [6, 6.07) is 14.9. The fraction of sp³-hybridized carbons (Fsp3) is 0.133. The third kappa shape index (κ3) is 4.57. The van der Waals surface area contributed by atoms with Crippen LogP contribution >= 0.6 is 0 Å². The molecule has 0 bridgehead atoms. The Hall–Kier alpha value is -2.93. The van der Waals surface area contributed by atoms with Crippen molar-refractivity contribution in [1.82, 2.24) is 5.48 Å². The SMILES string of the molecule is O=C(NOCCc1ccccc1)Nc1ccccc1[N+](=O)[O-]. The molecule has 0 aliphatic rings. The monoisotopic (exact) mass is 301 g/mol. The minimum Gasteiger partial charge on any atom is -0.300 e. The number of benzene rings is 2. The van der Waals surface area contributed by atoms with Gasteiger partial charge in [-0.1, -0.05) is 42.5 Å². The van der Waals surface area contributed by atoms with Crippen LogP contribution in [-0.2, 0) is 11.3 Å². The number of carbonyl (C=O) groups excluding carboxylic acids is 1. The quantitative estimate of drug-likeness (QED) is 0.487. The summed E-state index contributed by atoms with van der Waals surface area (Å²) in [6.07, 6.45) is 0.645. The Kier molecular flexibility index (Phi) is 5.44. The zero-order chi connectivity index (χ0) is 15.8. The van der Waals surface area contributed by atoms with Crippen LogP contribution in [0.25, 0.3) is 0 Å². The highest BCUT2D eigenvalue weighted by Crippen LogP contribution is 2.22. The third-order valence-electron chi connectivity index (χ3n) is 2.85. The topological polar surface area (TPSA) is 93.5 Å². The number of nitrogens with one attached hydrogen (secondary N) is 2. The summed E-state index contributed by atoms with van der Waals surface area (Å²) in [6.45, 7) is 0.300. The summed E-state index contributed by atoms with van der Waals surface area (Å²) < 4.78 is 0. The van der Waals surface area contributed by atoms with Gasteiger partial charge in [0.15, 0.2) is 0 Å². The van der Waals surface area contributed by atoms with Gasteiger partial charge in [0.05, 0.1) is 11.5 Å². The van der Waals surface area contributed by atoms with Gasteiger partial charge in [-0.25, -0.2) is 10.3 Å². The van der Waals surface area contributed by atoms with E-state index in [2.05, 4.69) is 10.8 Å². The predicted octanol–water partition coefficient (Wildman–Crippen LogP) is 2.89. The number of hydrogen-bond acceptors (Lipinski definition) is 4. The number of hydrogen-bond donors (Lipinski definition) is 2. The van der Waals surface area contributed by atoms with E-state index in [1.165, 1.54) is 18.2 Å². The Morgan fingerprint density at radius 2 is 1.77 bits per heavy atom. The summed E-state index contributed by atoms with van der Waals surface area (Å²) >= 11 is 0. The number of amides is 2. The molecule has 0 aliphatic heterocycles. The number of nitrogens with zero attached hydrogens (tertiary/aromatic N) is 1. The number of nitro groups is 1. The first-order chi connectivity index (χ1) is 10.7. The minimum atomic E-state index is -0.664. The van der Waals surface area contributed by atoms with E-state index in [1.807, 2.05) is 30.3 Å². The molecule has 0 spiro atoms. The van der Waals surface area contributed by atoms with Gasteiger partial charge in [-0.05, 0) is 18.1 Å². The first-order valence-corrected chi connectivity index (χ1v) is 6.63. The Labute approximate surface area is 127 Å². The first kappa shape index (κ1) is 15.5. The fourth-order valence-electron chi connectivity index (χ4n) is 1.82. The van der Waals surface area contributed by atoms with Crippen LogP contribution in [0.3, 0.4) is 0 Å². The van der Waals surface area contributed by atoms with Crippen LogP contribution in [0.4, 0.5) is 16.2 Å². The summed E-state index contributed by atoms with van der Waals surface area (Å²) in [4.78, 5) is 26.9. The molecular weight excluding hydrogens is 286 g/mol. The lowest BCUT2D eigenvalue weighted by Crippen LogP contribution is -2.29. The first-order valence-electron chi connectivity index (χ1n) is 6.63. The minimum absolute atomic E-state index is 0.108. The highest BCUT2D eigenvalue weighted by atomic mass is 16.7. The predicted molar refractivity (Wildman–Crippen MR) is 81.3 cm³/mol. The van der Waals surface area contributed by atoms with Crippen molar-refractivity contribution in [2.75, 3.05) is 11.9 Å². The van der Waals surface area contributed by atoms with Crippen molar-refractivity contribution in [2.24, 2.45) is 0 Å². The third-order valence-corrected chi connectivity index (χ3v) is 2.85. The molecule has 2 N–H and O–H groups in total. The van der Waals surface area contributed by atoms with Crippen molar-refractivity contribution in [3.05, 3.63) is 70.3 Å². The second-order valence-corrected chi connectivity index (χ2v) is 4.41. The van der Waals surface area contributed by atoms with Gasteiger partial charge >= 0.3 is 6.03 Å². The van der Waals surface area contributed by atoms with E-state index in [-0.39, 0.29) is 11.4 Å². The molecule has 0 saturated heterocycles. The summed E-state index contributed by atoms with van der Waals surface area (Å²) in [7, 11) is 0. The largest absolute Gasteiger partial charge is 0.343 e. The van der Waals surface area contributed by atoms with Crippen LogP contribution < -0.4 is 10.8 Å². The summed E-state index contributed by atoms with van der Waals surface area (Å²) in [5.74, 6) is 0. The van der Waals surface area contributed by atoms with Gasteiger partial charge in [-0.15, -0.1) is 0 Å². The maximum Gasteiger partial charge on any atom is 0.343 e. The van der Waals surface area contributed by atoms with Crippen molar-refractivity contribution in [2.45, 2.75) is 6.42 Å². The number of carbonyl (C=O) groups is 1. The molecule has 114 valence electrons. The normalized spacial score (nSPS) is 10.0.